The quantitative estimate of drug-likeness (QED) is 0.321. The molecule has 0 aliphatic heterocycles. The molecule has 2 aromatic heterocycles. The highest BCUT2D eigenvalue weighted by Gasteiger charge is 2.32. The minimum atomic E-state index is -3.64. The Bertz CT molecular complexity index is 2040. The number of hydrogen-bond acceptors (Lipinski definition) is 6. The summed E-state index contributed by atoms with van der Waals surface area (Å²) < 4.78 is 44.9. The SMILES string of the molecule is C#Cc1ccc(Nc2c3c(=O)n(C4CC4)c(=O)n(-c4cccc(NS(=O)(=O)CC)c4)c3c(Cl)c(=O)n2C)c(F)c1. The van der Waals surface area contributed by atoms with E-state index in [-0.39, 0.29) is 45.6 Å². The lowest BCUT2D eigenvalue weighted by Crippen LogP contribution is -2.40. The minimum Gasteiger partial charge on any atom is -0.338 e. The smallest absolute Gasteiger partial charge is 0.336 e. The molecule has 0 unspecified atom stereocenters. The Morgan fingerprint density at radius 3 is 2.48 bits per heavy atom. The summed E-state index contributed by atoms with van der Waals surface area (Å²) in [6.07, 6.45) is 6.52. The molecule has 4 aromatic rings. The lowest BCUT2D eigenvalue weighted by molar-refractivity contribution is 0.602. The molecule has 5 rings (SSSR count). The highest BCUT2D eigenvalue weighted by atomic mass is 35.5. The molecule has 2 N–H and O–H groups in total. The van der Waals surface area contributed by atoms with Crippen LogP contribution in [0.15, 0.2) is 56.8 Å². The molecule has 0 amide bonds. The molecular formula is C27H23ClFN5O5S. The summed E-state index contributed by atoms with van der Waals surface area (Å²) in [5.41, 5.74) is -1.86. The van der Waals surface area contributed by atoms with Crippen molar-refractivity contribution >= 4 is 49.7 Å². The molecule has 1 aliphatic rings. The van der Waals surface area contributed by atoms with Gasteiger partial charge in [-0.1, -0.05) is 23.6 Å². The van der Waals surface area contributed by atoms with Crippen molar-refractivity contribution in [3.8, 4) is 18.0 Å². The highest BCUT2D eigenvalue weighted by Crippen LogP contribution is 2.35. The van der Waals surface area contributed by atoms with Crippen LogP contribution in [0, 0.1) is 18.2 Å². The summed E-state index contributed by atoms with van der Waals surface area (Å²) >= 11 is 6.52. The molecule has 0 radical (unpaired) electrons. The largest absolute Gasteiger partial charge is 0.338 e. The lowest BCUT2D eigenvalue weighted by atomic mass is 10.2. The Kier molecular flexibility index (Phi) is 6.81. The maximum Gasteiger partial charge on any atom is 0.336 e. The Morgan fingerprint density at radius 1 is 1.12 bits per heavy atom. The van der Waals surface area contributed by atoms with Gasteiger partial charge in [0.25, 0.3) is 11.1 Å². The van der Waals surface area contributed by atoms with Crippen molar-refractivity contribution in [2.24, 2.45) is 7.05 Å². The first-order valence-electron chi connectivity index (χ1n) is 12.2. The minimum absolute atomic E-state index is 0.0660. The fourth-order valence-corrected chi connectivity index (χ4v) is 5.33. The number of nitrogens with one attached hydrogen (secondary N) is 2. The van der Waals surface area contributed by atoms with Gasteiger partial charge in [0.05, 0.1) is 28.3 Å². The van der Waals surface area contributed by atoms with E-state index in [9.17, 15) is 27.2 Å². The second-order valence-corrected chi connectivity index (χ2v) is 11.7. The number of halogens is 2. The van der Waals surface area contributed by atoms with Crippen LogP contribution in [0.2, 0.25) is 5.02 Å². The predicted molar refractivity (Wildman–Crippen MR) is 153 cm³/mol. The van der Waals surface area contributed by atoms with Gasteiger partial charge in [-0.2, -0.15) is 0 Å². The summed E-state index contributed by atoms with van der Waals surface area (Å²) in [6.45, 7) is 1.47. The first-order valence-corrected chi connectivity index (χ1v) is 14.2. The standard InChI is InChI=1S/C27H23ClFN5O5S/c1-4-15-9-12-20(19(29)13-15)30-24-21-23(22(28)26(36)32(24)3)33(27(37)34(25(21)35)17-10-11-17)18-8-6-7-16(14-18)31-40(38,39)5-2/h1,6-9,12-14,17,30-31H,5,10-11H2,2-3H3. The Balaban J connectivity index is 1.86. The van der Waals surface area contributed by atoms with Crippen LogP contribution in [0.3, 0.4) is 0 Å². The zero-order chi connectivity index (χ0) is 28.9. The van der Waals surface area contributed by atoms with Gasteiger partial charge in [-0.15, -0.1) is 6.42 Å². The molecule has 1 saturated carbocycles. The fourth-order valence-electron chi connectivity index (χ4n) is 4.40. The molecule has 10 nitrogen and oxygen atoms in total. The summed E-state index contributed by atoms with van der Waals surface area (Å²) in [7, 11) is -2.28. The molecule has 40 heavy (non-hydrogen) atoms. The van der Waals surface area contributed by atoms with Gasteiger partial charge in [-0.05, 0) is 56.2 Å². The topological polar surface area (TPSA) is 124 Å². The van der Waals surface area contributed by atoms with Gasteiger partial charge in [0.2, 0.25) is 10.0 Å². The molecule has 0 saturated heterocycles. The van der Waals surface area contributed by atoms with E-state index in [1.54, 1.807) is 0 Å². The van der Waals surface area contributed by atoms with Crippen molar-refractivity contribution in [3.63, 3.8) is 0 Å². The van der Waals surface area contributed by atoms with E-state index in [4.69, 9.17) is 18.0 Å². The number of pyridine rings is 1. The predicted octanol–water partition coefficient (Wildman–Crippen LogP) is 3.47. The molecular weight excluding hydrogens is 561 g/mol. The number of terminal acetylenes is 1. The first-order chi connectivity index (χ1) is 19.0. The second-order valence-electron chi connectivity index (χ2n) is 9.29. The van der Waals surface area contributed by atoms with Crippen molar-refractivity contribution in [1.82, 2.24) is 13.7 Å². The third kappa shape index (κ3) is 4.67. The summed E-state index contributed by atoms with van der Waals surface area (Å²) in [6, 6.07) is 9.53. The molecule has 1 aliphatic carbocycles. The summed E-state index contributed by atoms with van der Waals surface area (Å²) in [4.78, 5) is 40.9. The molecule has 0 spiro atoms. The third-order valence-electron chi connectivity index (χ3n) is 6.62. The number of fused-ring (bicyclic) bond motifs is 1. The molecule has 2 heterocycles. The Morgan fingerprint density at radius 2 is 1.85 bits per heavy atom. The number of hydrogen-bond donors (Lipinski definition) is 2. The van der Waals surface area contributed by atoms with Crippen LogP contribution in [-0.2, 0) is 17.1 Å². The third-order valence-corrected chi connectivity index (χ3v) is 8.27. The number of nitrogens with zero attached hydrogens (tertiary/aromatic N) is 3. The van der Waals surface area contributed by atoms with E-state index >= 15 is 0 Å². The molecule has 0 atom stereocenters. The average Bonchev–Trinajstić information content (AvgIpc) is 3.76. The number of sulfonamides is 1. The number of benzene rings is 2. The van der Waals surface area contributed by atoms with Crippen LogP contribution >= 0.6 is 11.6 Å². The van der Waals surface area contributed by atoms with E-state index in [0.717, 1.165) is 19.8 Å². The number of rotatable bonds is 7. The van der Waals surface area contributed by atoms with Crippen molar-refractivity contribution < 1.29 is 12.8 Å². The average molecular weight is 584 g/mol. The van der Waals surface area contributed by atoms with Crippen molar-refractivity contribution in [2.45, 2.75) is 25.8 Å². The van der Waals surface area contributed by atoms with Crippen LogP contribution in [0.25, 0.3) is 16.6 Å². The fraction of sp³-hybridized carbons (Fsp3) is 0.222. The van der Waals surface area contributed by atoms with E-state index in [1.165, 1.54) is 50.4 Å². The van der Waals surface area contributed by atoms with Crippen LogP contribution in [0.5, 0.6) is 0 Å². The van der Waals surface area contributed by atoms with Crippen molar-refractivity contribution in [3.05, 3.63) is 90.1 Å². The second kappa shape index (κ2) is 10.0. The molecule has 1 fully saturated rings. The monoisotopic (exact) mass is 583 g/mol. The van der Waals surface area contributed by atoms with Crippen LogP contribution in [0.1, 0.15) is 31.4 Å². The van der Waals surface area contributed by atoms with Gasteiger partial charge in [0.1, 0.15) is 22.0 Å². The van der Waals surface area contributed by atoms with E-state index < -0.39 is 37.7 Å². The Hall–Kier alpha value is -4.34. The number of aromatic nitrogens is 3. The van der Waals surface area contributed by atoms with Gasteiger partial charge in [-0.3, -0.25) is 28.0 Å². The van der Waals surface area contributed by atoms with Gasteiger partial charge >= 0.3 is 5.69 Å². The Labute approximate surface area is 232 Å². The highest BCUT2D eigenvalue weighted by molar-refractivity contribution is 7.92. The summed E-state index contributed by atoms with van der Waals surface area (Å²) in [5, 5.41) is 2.28. The van der Waals surface area contributed by atoms with E-state index in [2.05, 4.69) is 16.0 Å². The van der Waals surface area contributed by atoms with Crippen LogP contribution in [0.4, 0.5) is 21.6 Å². The summed E-state index contributed by atoms with van der Waals surface area (Å²) in [5.74, 6) is 1.34. The molecule has 206 valence electrons. The first kappa shape index (κ1) is 27.2. The van der Waals surface area contributed by atoms with Gasteiger partial charge in [0, 0.05) is 18.7 Å². The van der Waals surface area contributed by atoms with E-state index in [0.29, 0.717) is 18.4 Å². The zero-order valence-corrected chi connectivity index (χ0v) is 22.9. The normalized spacial score (nSPS) is 13.3. The molecule has 2 aromatic carbocycles. The van der Waals surface area contributed by atoms with Crippen molar-refractivity contribution in [2.75, 3.05) is 15.8 Å². The zero-order valence-electron chi connectivity index (χ0n) is 21.4. The van der Waals surface area contributed by atoms with Crippen LogP contribution in [-0.4, -0.2) is 27.9 Å². The number of anilines is 3. The van der Waals surface area contributed by atoms with E-state index in [1.807, 2.05) is 0 Å². The molecule has 0 bridgehead atoms. The lowest BCUT2D eigenvalue weighted by Gasteiger charge is -2.20. The molecule has 13 heteroatoms. The van der Waals surface area contributed by atoms with Gasteiger partial charge in [0.15, 0.2) is 0 Å². The maximum atomic E-state index is 14.9. The van der Waals surface area contributed by atoms with Crippen molar-refractivity contribution in [1.29, 1.82) is 0 Å². The van der Waals surface area contributed by atoms with Crippen LogP contribution < -0.4 is 26.8 Å². The maximum absolute atomic E-state index is 14.9. The van der Waals surface area contributed by atoms with Gasteiger partial charge in [-0.25, -0.2) is 17.6 Å². The van der Waals surface area contributed by atoms with Gasteiger partial charge < -0.3 is 5.32 Å².